The Hall–Kier alpha value is -1.84. The monoisotopic (exact) mass is 246 g/mol. The fraction of sp³-hybridized carbons (Fsp3) is 0.429. The van der Waals surface area contributed by atoms with Crippen LogP contribution < -0.4 is 5.73 Å². The molecule has 0 saturated carbocycles. The van der Waals surface area contributed by atoms with Crippen molar-refractivity contribution in [1.29, 1.82) is 0 Å². The molecule has 0 aromatic heterocycles. The topological polar surface area (TPSA) is 63.4 Å². The highest BCUT2D eigenvalue weighted by Gasteiger charge is 2.30. The van der Waals surface area contributed by atoms with Crippen molar-refractivity contribution < 1.29 is 9.59 Å². The van der Waals surface area contributed by atoms with Crippen LogP contribution in [0, 0.1) is 6.92 Å². The van der Waals surface area contributed by atoms with Gasteiger partial charge in [0.1, 0.15) is 0 Å². The smallest absolute Gasteiger partial charge is 0.248 e. The molecule has 1 saturated heterocycles. The molecule has 0 radical (unpaired) electrons. The summed E-state index contributed by atoms with van der Waals surface area (Å²) in [6.45, 7) is 5.35. The summed E-state index contributed by atoms with van der Waals surface area (Å²) in [5, 5.41) is 0. The summed E-state index contributed by atoms with van der Waals surface area (Å²) in [7, 11) is 0. The summed E-state index contributed by atoms with van der Waals surface area (Å²) in [5.74, 6) is -0.0471. The SMILES string of the molecule is CCN1CC(c2cccc(C(N)=O)c2C)CC1=O. The van der Waals surface area contributed by atoms with Gasteiger partial charge in [-0.2, -0.15) is 0 Å². The van der Waals surface area contributed by atoms with E-state index in [1.807, 2.05) is 30.9 Å². The molecule has 1 aliphatic rings. The highest BCUT2D eigenvalue weighted by atomic mass is 16.2. The number of nitrogens with zero attached hydrogens (tertiary/aromatic N) is 1. The first-order valence-corrected chi connectivity index (χ1v) is 6.21. The number of rotatable bonds is 3. The number of nitrogens with two attached hydrogens (primary N) is 1. The molecule has 0 bridgehead atoms. The van der Waals surface area contributed by atoms with E-state index in [0.717, 1.165) is 24.2 Å². The molecule has 1 fully saturated rings. The van der Waals surface area contributed by atoms with Gasteiger partial charge >= 0.3 is 0 Å². The lowest BCUT2D eigenvalue weighted by molar-refractivity contribution is -0.127. The quantitative estimate of drug-likeness (QED) is 0.877. The Kier molecular flexibility index (Phi) is 3.36. The number of hydrogen-bond donors (Lipinski definition) is 1. The molecule has 96 valence electrons. The van der Waals surface area contributed by atoms with Gasteiger partial charge in [-0.25, -0.2) is 0 Å². The maximum absolute atomic E-state index is 11.8. The molecule has 2 rings (SSSR count). The molecule has 4 nitrogen and oxygen atoms in total. The van der Waals surface area contributed by atoms with Crippen LogP contribution in [0.3, 0.4) is 0 Å². The third kappa shape index (κ3) is 2.10. The number of amides is 2. The van der Waals surface area contributed by atoms with E-state index in [-0.39, 0.29) is 11.8 Å². The van der Waals surface area contributed by atoms with Crippen molar-refractivity contribution in [3.05, 3.63) is 34.9 Å². The highest BCUT2D eigenvalue weighted by molar-refractivity contribution is 5.94. The lowest BCUT2D eigenvalue weighted by atomic mass is 9.91. The van der Waals surface area contributed by atoms with Gasteiger partial charge in [-0.1, -0.05) is 12.1 Å². The van der Waals surface area contributed by atoms with Gasteiger partial charge in [-0.05, 0) is 31.0 Å². The number of likely N-dealkylation sites (tertiary alicyclic amines) is 1. The van der Waals surface area contributed by atoms with Crippen molar-refractivity contribution in [1.82, 2.24) is 4.90 Å². The Morgan fingerprint density at radius 2 is 2.22 bits per heavy atom. The average Bonchev–Trinajstić information content (AvgIpc) is 2.70. The predicted molar refractivity (Wildman–Crippen MR) is 69.3 cm³/mol. The number of benzene rings is 1. The van der Waals surface area contributed by atoms with E-state index in [0.29, 0.717) is 12.0 Å². The summed E-state index contributed by atoms with van der Waals surface area (Å²) in [6, 6.07) is 5.55. The van der Waals surface area contributed by atoms with E-state index in [2.05, 4.69) is 0 Å². The second-order valence-corrected chi connectivity index (χ2v) is 4.72. The zero-order valence-electron chi connectivity index (χ0n) is 10.8. The minimum atomic E-state index is -0.411. The first-order chi connectivity index (χ1) is 8.54. The van der Waals surface area contributed by atoms with Crippen molar-refractivity contribution in [3.63, 3.8) is 0 Å². The molecule has 18 heavy (non-hydrogen) atoms. The maximum Gasteiger partial charge on any atom is 0.248 e. The van der Waals surface area contributed by atoms with E-state index in [1.165, 1.54) is 0 Å². The Bertz CT molecular complexity index is 497. The van der Waals surface area contributed by atoms with Crippen LogP contribution in [0.4, 0.5) is 0 Å². The highest BCUT2D eigenvalue weighted by Crippen LogP contribution is 2.31. The summed E-state index contributed by atoms with van der Waals surface area (Å²) >= 11 is 0. The van der Waals surface area contributed by atoms with Gasteiger partial charge in [0.25, 0.3) is 0 Å². The van der Waals surface area contributed by atoms with E-state index < -0.39 is 5.91 Å². The van der Waals surface area contributed by atoms with Gasteiger partial charge in [0, 0.05) is 31.0 Å². The normalized spacial score (nSPS) is 19.3. The molecular formula is C14H18N2O2. The number of carbonyl (C=O) groups is 2. The number of hydrogen-bond acceptors (Lipinski definition) is 2. The first-order valence-electron chi connectivity index (χ1n) is 6.21. The van der Waals surface area contributed by atoms with E-state index in [4.69, 9.17) is 5.73 Å². The minimum Gasteiger partial charge on any atom is -0.366 e. The molecule has 1 aliphatic heterocycles. The van der Waals surface area contributed by atoms with E-state index in [9.17, 15) is 9.59 Å². The molecule has 2 N–H and O–H groups in total. The maximum atomic E-state index is 11.8. The van der Waals surface area contributed by atoms with E-state index in [1.54, 1.807) is 6.07 Å². The second-order valence-electron chi connectivity index (χ2n) is 4.72. The van der Waals surface area contributed by atoms with Crippen molar-refractivity contribution in [2.75, 3.05) is 13.1 Å². The lowest BCUT2D eigenvalue weighted by Crippen LogP contribution is -2.24. The van der Waals surface area contributed by atoms with Crippen LogP contribution in [0.1, 0.15) is 40.7 Å². The number of primary amides is 1. The van der Waals surface area contributed by atoms with Crippen LogP contribution >= 0.6 is 0 Å². The van der Waals surface area contributed by atoms with E-state index >= 15 is 0 Å². The van der Waals surface area contributed by atoms with Gasteiger partial charge < -0.3 is 10.6 Å². The van der Waals surface area contributed by atoms with Gasteiger partial charge in [-0.15, -0.1) is 0 Å². The molecule has 1 unspecified atom stereocenters. The van der Waals surface area contributed by atoms with Gasteiger partial charge in [0.05, 0.1) is 0 Å². The fourth-order valence-electron chi connectivity index (χ4n) is 2.65. The standard InChI is InChI=1S/C14H18N2O2/c1-3-16-8-10(7-13(16)17)11-5-4-6-12(9(11)2)14(15)18/h4-6,10H,3,7-8H2,1-2H3,(H2,15,18). The summed E-state index contributed by atoms with van der Waals surface area (Å²) < 4.78 is 0. The van der Waals surface area contributed by atoms with Crippen molar-refractivity contribution in [3.8, 4) is 0 Å². The van der Waals surface area contributed by atoms with Crippen LogP contribution in [0.5, 0.6) is 0 Å². The molecule has 1 heterocycles. The van der Waals surface area contributed by atoms with Crippen LogP contribution in [0.2, 0.25) is 0 Å². The molecule has 2 amide bonds. The molecule has 1 aromatic rings. The lowest BCUT2D eigenvalue weighted by Gasteiger charge is -2.16. The number of carbonyl (C=O) groups excluding carboxylic acids is 2. The van der Waals surface area contributed by atoms with Gasteiger partial charge in [-0.3, -0.25) is 9.59 Å². The van der Waals surface area contributed by atoms with Crippen molar-refractivity contribution in [2.45, 2.75) is 26.2 Å². The van der Waals surface area contributed by atoms with Crippen LogP contribution in [0.25, 0.3) is 0 Å². The van der Waals surface area contributed by atoms with Gasteiger partial charge in [0.2, 0.25) is 11.8 Å². The molecule has 0 spiro atoms. The molecule has 1 atom stereocenters. The third-order valence-electron chi connectivity index (χ3n) is 3.68. The Morgan fingerprint density at radius 3 is 2.78 bits per heavy atom. The Balaban J connectivity index is 2.33. The second kappa shape index (κ2) is 4.80. The zero-order chi connectivity index (χ0) is 13.3. The van der Waals surface area contributed by atoms with Crippen molar-refractivity contribution in [2.24, 2.45) is 5.73 Å². The number of likely N-dealkylation sites (N-methyl/N-ethyl adjacent to an activating group) is 1. The molecule has 0 aliphatic carbocycles. The van der Waals surface area contributed by atoms with Crippen LogP contribution in [-0.2, 0) is 4.79 Å². The third-order valence-corrected chi connectivity index (χ3v) is 3.68. The molecule has 1 aromatic carbocycles. The van der Waals surface area contributed by atoms with Crippen molar-refractivity contribution >= 4 is 11.8 Å². The van der Waals surface area contributed by atoms with Crippen LogP contribution in [0.15, 0.2) is 18.2 Å². The zero-order valence-corrected chi connectivity index (χ0v) is 10.8. The molecular weight excluding hydrogens is 228 g/mol. The summed E-state index contributed by atoms with van der Waals surface area (Å²) in [4.78, 5) is 24.9. The average molecular weight is 246 g/mol. The predicted octanol–water partition coefficient (Wildman–Crippen LogP) is 1.43. The molecule has 4 heteroatoms. The fourth-order valence-corrected chi connectivity index (χ4v) is 2.65. The van der Waals surface area contributed by atoms with Gasteiger partial charge in [0.15, 0.2) is 0 Å². The first kappa shape index (κ1) is 12.6. The summed E-state index contributed by atoms with van der Waals surface area (Å²) in [5.41, 5.74) is 7.87. The summed E-state index contributed by atoms with van der Waals surface area (Å²) in [6.07, 6.45) is 0.525. The minimum absolute atomic E-state index is 0.178. The Labute approximate surface area is 107 Å². The van der Waals surface area contributed by atoms with Crippen LogP contribution in [-0.4, -0.2) is 29.8 Å². The Morgan fingerprint density at radius 1 is 1.50 bits per heavy atom. The largest absolute Gasteiger partial charge is 0.366 e.